The van der Waals surface area contributed by atoms with Crippen LogP contribution >= 0.6 is 12.2 Å². The summed E-state index contributed by atoms with van der Waals surface area (Å²) in [6.07, 6.45) is 1.60. The minimum absolute atomic E-state index is 0.115. The average Bonchev–Trinajstić information content (AvgIpc) is 2.53. The predicted octanol–water partition coefficient (Wildman–Crippen LogP) is 2.30. The summed E-state index contributed by atoms with van der Waals surface area (Å²) in [5.41, 5.74) is 10.3. The van der Waals surface area contributed by atoms with Crippen molar-refractivity contribution in [3.63, 3.8) is 0 Å². The van der Waals surface area contributed by atoms with E-state index in [-0.39, 0.29) is 5.11 Å². The second kappa shape index (κ2) is 7.76. The summed E-state index contributed by atoms with van der Waals surface area (Å²) in [4.78, 5) is 0. The molecule has 3 N–H and O–H groups in total. The lowest BCUT2D eigenvalue weighted by atomic mass is 10.1. The Hall–Kier alpha value is -2.91. The number of nitrogens with one attached hydrogen (secondary N) is 1. The summed E-state index contributed by atoms with van der Waals surface area (Å²) in [7, 11) is 0. The number of benzene rings is 2. The second-order valence-corrected chi connectivity index (χ2v) is 4.84. The number of hydrogen-bond acceptors (Lipinski definition) is 4. The molecule has 0 aromatic heterocycles. The largest absolute Gasteiger partial charge is 0.489 e. The summed E-state index contributed by atoms with van der Waals surface area (Å²) in [5.74, 6) is 0.726. The molecule has 0 heterocycles. The van der Waals surface area contributed by atoms with Crippen molar-refractivity contribution in [1.82, 2.24) is 5.43 Å². The van der Waals surface area contributed by atoms with Gasteiger partial charge in [-0.2, -0.15) is 10.4 Å². The van der Waals surface area contributed by atoms with Gasteiger partial charge in [-0.25, -0.2) is 0 Å². The zero-order valence-electron chi connectivity index (χ0n) is 11.7. The third-order valence-corrected chi connectivity index (χ3v) is 2.83. The van der Waals surface area contributed by atoms with E-state index in [2.05, 4.69) is 28.8 Å². The van der Waals surface area contributed by atoms with E-state index in [1.165, 1.54) is 0 Å². The van der Waals surface area contributed by atoms with Gasteiger partial charge in [-0.1, -0.05) is 24.3 Å². The van der Waals surface area contributed by atoms with Crippen LogP contribution in [0.1, 0.15) is 16.7 Å². The molecule has 2 rings (SSSR count). The third kappa shape index (κ3) is 4.89. The van der Waals surface area contributed by atoms with E-state index in [4.69, 9.17) is 15.7 Å². The molecule has 0 saturated heterocycles. The van der Waals surface area contributed by atoms with Gasteiger partial charge < -0.3 is 10.5 Å². The lowest BCUT2D eigenvalue weighted by molar-refractivity contribution is 0.306. The van der Waals surface area contributed by atoms with Gasteiger partial charge in [0.15, 0.2) is 5.11 Å². The third-order valence-electron chi connectivity index (χ3n) is 2.73. The molecule has 2 aromatic carbocycles. The van der Waals surface area contributed by atoms with E-state index in [1.54, 1.807) is 18.3 Å². The number of hydrogen-bond donors (Lipinski definition) is 2. The summed E-state index contributed by atoms with van der Waals surface area (Å²) < 4.78 is 5.72. The maximum absolute atomic E-state index is 8.76. The first-order valence-electron chi connectivity index (χ1n) is 6.48. The van der Waals surface area contributed by atoms with E-state index in [1.807, 2.05) is 36.4 Å². The highest BCUT2D eigenvalue weighted by molar-refractivity contribution is 7.80. The highest BCUT2D eigenvalue weighted by atomic mass is 32.1. The molecule has 110 valence electrons. The smallest absolute Gasteiger partial charge is 0.184 e. The Labute approximate surface area is 134 Å². The van der Waals surface area contributed by atoms with Crippen molar-refractivity contribution >= 4 is 23.5 Å². The van der Waals surface area contributed by atoms with Gasteiger partial charge >= 0.3 is 0 Å². The van der Waals surface area contributed by atoms with Crippen molar-refractivity contribution in [2.24, 2.45) is 10.8 Å². The fraction of sp³-hybridized carbons (Fsp3) is 0.0625. The number of hydrazone groups is 1. The molecule has 0 aliphatic carbocycles. The SMILES string of the molecule is N#Cc1ccc(COc2cccc(C=NNC(N)=S)c2)cc1. The predicted molar refractivity (Wildman–Crippen MR) is 89.4 cm³/mol. The maximum atomic E-state index is 8.76. The normalized spacial score (nSPS) is 10.1. The number of rotatable bonds is 5. The monoisotopic (exact) mass is 310 g/mol. The molecule has 0 amide bonds. The zero-order valence-corrected chi connectivity index (χ0v) is 12.5. The molecule has 0 radical (unpaired) electrons. The zero-order chi connectivity index (χ0) is 15.8. The van der Waals surface area contributed by atoms with E-state index in [9.17, 15) is 0 Å². The van der Waals surface area contributed by atoms with Gasteiger partial charge in [0.05, 0.1) is 17.8 Å². The highest BCUT2D eigenvalue weighted by Crippen LogP contribution is 2.14. The fourth-order valence-corrected chi connectivity index (χ4v) is 1.75. The number of nitrogens with zero attached hydrogens (tertiary/aromatic N) is 2. The van der Waals surface area contributed by atoms with Crippen LogP contribution < -0.4 is 15.9 Å². The Morgan fingerprint density at radius 2 is 2.09 bits per heavy atom. The van der Waals surface area contributed by atoms with Crippen LogP contribution in [0.2, 0.25) is 0 Å². The van der Waals surface area contributed by atoms with Crippen LogP contribution in [0.15, 0.2) is 53.6 Å². The van der Waals surface area contributed by atoms with Crippen LogP contribution in [-0.2, 0) is 6.61 Å². The van der Waals surface area contributed by atoms with Crippen LogP contribution in [0, 0.1) is 11.3 Å². The molecule has 0 atom stereocenters. The summed E-state index contributed by atoms with van der Waals surface area (Å²) >= 11 is 4.66. The van der Waals surface area contributed by atoms with Gasteiger partial charge in [-0.3, -0.25) is 5.43 Å². The molecule has 2 aromatic rings. The molecule has 0 spiro atoms. The van der Waals surface area contributed by atoms with Gasteiger partial charge in [0.25, 0.3) is 0 Å². The standard InChI is InChI=1S/C16H14N4OS/c17-9-12-4-6-13(7-5-12)11-21-15-3-1-2-14(8-15)10-19-20-16(18)22/h1-8,10H,11H2,(H3,18,20,22). The molecule has 0 fully saturated rings. The maximum Gasteiger partial charge on any atom is 0.184 e. The quantitative estimate of drug-likeness (QED) is 0.503. The number of ether oxygens (including phenoxy) is 1. The Morgan fingerprint density at radius 3 is 2.77 bits per heavy atom. The van der Waals surface area contributed by atoms with Gasteiger partial charge in [0.1, 0.15) is 12.4 Å². The average molecular weight is 310 g/mol. The van der Waals surface area contributed by atoms with E-state index in [0.29, 0.717) is 12.2 Å². The van der Waals surface area contributed by atoms with Crippen LogP contribution in [-0.4, -0.2) is 11.3 Å². The number of nitriles is 1. The second-order valence-electron chi connectivity index (χ2n) is 4.40. The van der Waals surface area contributed by atoms with Gasteiger partial charge in [0.2, 0.25) is 0 Å². The molecular formula is C16H14N4OS. The lowest BCUT2D eigenvalue weighted by Gasteiger charge is -2.07. The van der Waals surface area contributed by atoms with Crippen molar-refractivity contribution in [3.8, 4) is 11.8 Å². The lowest BCUT2D eigenvalue weighted by Crippen LogP contribution is -2.23. The Bertz CT molecular complexity index is 720. The first-order chi connectivity index (χ1) is 10.7. The molecule has 0 aliphatic rings. The first-order valence-corrected chi connectivity index (χ1v) is 6.88. The Balaban J connectivity index is 1.96. The summed E-state index contributed by atoms with van der Waals surface area (Å²) in [6.45, 7) is 0.428. The molecule has 5 nitrogen and oxygen atoms in total. The van der Waals surface area contributed by atoms with Crippen molar-refractivity contribution < 1.29 is 4.74 Å². The van der Waals surface area contributed by atoms with Gasteiger partial charge in [0, 0.05) is 0 Å². The first kappa shape index (κ1) is 15.5. The van der Waals surface area contributed by atoms with Crippen molar-refractivity contribution in [3.05, 3.63) is 65.2 Å². The number of nitrogens with two attached hydrogens (primary N) is 1. The minimum Gasteiger partial charge on any atom is -0.489 e. The number of thiocarbonyl (C=S) groups is 1. The molecule has 0 bridgehead atoms. The van der Waals surface area contributed by atoms with Gasteiger partial charge in [-0.15, -0.1) is 0 Å². The molecule has 0 saturated carbocycles. The highest BCUT2D eigenvalue weighted by Gasteiger charge is 1.98. The summed E-state index contributed by atoms with van der Waals surface area (Å²) in [6, 6.07) is 16.8. The topological polar surface area (TPSA) is 83.4 Å². The van der Waals surface area contributed by atoms with Crippen molar-refractivity contribution in [2.45, 2.75) is 6.61 Å². The van der Waals surface area contributed by atoms with E-state index < -0.39 is 0 Å². The van der Waals surface area contributed by atoms with Crippen LogP contribution in [0.4, 0.5) is 0 Å². The molecular weight excluding hydrogens is 296 g/mol. The van der Waals surface area contributed by atoms with Crippen molar-refractivity contribution in [1.29, 1.82) is 5.26 Å². The fourth-order valence-electron chi connectivity index (χ4n) is 1.70. The Kier molecular flexibility index (Phi) is 5.46. The van der Waals surface area contributed by atoms with E-state index in [0.717, 1.165) is 16.9 Å². The summed E-state index contributed by atoms with van der Waals surface area (Å²) in [5, 5.41) is 12.8. The molecule has 0 aliphatic heterocycles. The minimum atomic E-state index is 0.115. The molecule has 0 unspecified atom stereocenters. The van der Waals surface area contributed by atoms with Crippen LogP contribution in [0.3, 0.4) is 0 Å². The molecule has 22 heavy (non-hydrogen) atoms. The van der Waals surface area contributed by atoms with Crippen molar-refractivity contribution in [2.75, 3.05) is 0 Å². The van der Waals surface area contributed by atoms with E-state index >= 15 is 0 Å². The van der Waals surface area contributed by atoms with Crippen LogP contribution in [0.25, 0.3) is 0 Å². The Morgan fingerprint density at radius 1 is 1.32 bits per heavy atom. The molecule has 6 heteroatoms. The van der Waals surface area contributed by atoms with Gasteiger partial charge in [-0.05, 0) is 47.6 Å². The van der Waals surface area contributed by atoms with Crippen LogP contribution in [0.5, 0.6) is 5.75 Å².